The first kappa shape index (κ1) is 15.4. The molecular weight excluding hydrogens is 291 g/mol. The molecule has 2 aromatic rings. The summed E-state index contributed by atoms with van der Waals surface area (Å²) in [6.07, 6.45) is 1.04. The maximum Gasteiger partial charge on any atom is 0.0648 e. The molecule has 2 rings (SSSR count). The molecule has 0 fully saturated rings. The number of aliphatic hydroxyl groups is 1. The summed E-state index contributed by atoms with van der Waals surface area (Å²) in [5.74, 6) is 0.130. The topological polar surface area (TPSA) is 20.2 Å². The SMILES string of the molecule is CCC(c1ccccc1)C(O)Cc1ccc(Cl)c(Cl)c1. The van der Waals surface area contributed by atoms with Crippen LogP contribution < -0.4 is 0 Å². The zero-order valence-corrected chi connectivity index (χ0v) is 12.9. The molecule has 3 heteroatoms. The fourth-order valence-electron chi connectivity index (χ4n) is 2.48. The molecule has 1 N–H and O–H groups in total. The Labute approximate surface area is 130 Å². The summed E-state index contributed by atoms with van der Waals surface area (Å²) >= 11 is 11.9. The van der Waals surface area contributed by atoms with Gasteiger partial charge in [-0.2, -0.15) is 0 Å². The van der Waals surface area contributed by atoms with Gasteiger partial charge in [0.2, 0.25) is 0 Å². The molecule has 2 aromatic carbocycles. The minimum absolute atomic E-state index is 0.130. The van der Waals surface area contributed by atoms with Gasteiger partial charge in [-0.25, -0.2) is 0 Å². The van der Waals surface area contributed by atoms with Crippen LogP contribution in [0.1, 0.15) is 30.4 Å². The minimum atomic E-state index is -0.431. The van der Waals surface area contributed by atoms with E-state index < -0.39 is 6.10 Å². The average molecular weight is 309 g/mol. The maximum absolute atomic E-state index is 10.5. The Balaban J connectivity index is 2.13. The standard InChI is InChI=1S/C17H18Cl2O/c1-2-14(13-6-4-3-5-7-13)17(20)11-12-8-9-15(18)16(19)10-12/h3-10,14,17,20H,2,11H2,1H3. The summed E-state index contributed by atoms with van der Waals surface area (Å²) in [5.41, 5.74) is 2.17. The smallest absolute Gasteiger partial charge is 0.0648 e. The van der Waals surface area contributed by atoms with Crippen molar-refractivity contribution >= 4 is 23.2 Å². The highest BCUT2D eigenvalue weighted by Crippen LogP contribution is 2.28. The Morgan fingerprint density at radius 1 is 1.00 bits per heavy atom. The van der Waals surface area contributed by atoms with Crippen molar-refractivity contribution in [2.75, 3.05) is 0 Å². The van der Waals surface area contributed by atoms with Crippen LogP contribution in [-0.2, 0) is 6.42 Å². The first-order chi connectivity index (χ1) is 9.61. The highest BCUT2D eigenvalue weighted by molar-refractivity contribution is 6.42. The van der Waals surface area contributed by atoms with Crippen LogP contribution in [0.25, 0.3) is 0 Å². The lowest BCUT2D eigenvalue weighted by Gasteiger charge is -2.22. The van der Waals surface area contributed by atoms with Crippen LogP contribution in [-0.4, -0.2) is 11.2 Å². The van der Waals surface area contributed by atoms with Gasteiger partial charge in [-0.15, -0.1) is 0 Å². The van der Waals surface area contributed by atoms with E-state index in [1.165, 1.54) is 5.56 Å². The number of benzene rings is 2. The second-order valence-corrected chi connectivity index (χ2v) is 5.76. The van der Waals surface area contributed by atoms with Crippen molar-refractivity contribution in [3.05, 3.63) is 69.7 Å². The van der Waals surface area contributed by atoms with Gasteiger partial charge in [0, 0.05) is 5.92 Å². The third kappa shape index (κ3) is 3.76. The molecule has 0 aromatic heterocycles. The third-order valence-corrected chi connectivity index (χ3v) is 4.30. The van der Waals surface area contributed by atoms with E-state index >= 15 is 0 Å². The van der Waals surface area contributed by atoms with Crippen LogP contribution in [0.5, 0.6) is 0 Å². The van der Waals surface area contributed by atoms with Gasteiger partial charge in [0.25, 0.3) is 0 Å². The third-order valence-electron chi connectivity index (χ3n) is 3.56. The van der Waals surface area contributed by atoms with Crippen molar-refractivity contribution < 1.29 is 5.11 Å². The van der Waals surface area contributed by atoms with Gasteiger partial charge < -0.3 is 5.11 Å². The van der Waals surface area contributed by atoms with E-state index in [0.717, 1.165) is 12.0 Å². The van der Waals surface area contributed by atoms with Crippen LogP contribution in [0.4, 0.5) is 0 Å². The van der Waals surface area contributed by atoms with Crippen molar-refractivity contribution in [3.63, 3.8) is 0 Å². The highest BCUT2D eigenvalue weighted by atomic mass is 35.5. The van der Waals surface area contributed by atoms with Crippen molar-refractivity contribution in [2.45, 2.75) is 31.8 Å². The fourth-order valence-corrected chi connectivity index (χ4v) is 2.80. The molecule has 0 radical (unpaired) electrons. The normalized spacial score (nSPS) is 14.0. The molecular formula is C17H18Cl2O. The second-order valence-electron chi connectivity index (χ2n) is 4.95. The summed E-state index contributed by atoms with van der Waals surface area (Å²) in [6, 6.07) is 15.6. The lowest BCUT2D eigenvalue weighted by molar-refractivity contribution is 0.141. The van der Waals surface area contributed by atoms with Gasteiger partial charge in [-0.05, 0) is 36.1 Å². The fraction of sp³-hybridized carbons (Fsp3) is 0.294. The zero-order valence-electron chi connectivity index (χ0n) is 11.4. The van der Waals surface area contributed by atoms with E-state index in [2.05, 4.69) is 19.1 Å². The summed E-state index contributed by atoms with van der Waals surface area (Å²) in [5, 5.41) is 11.6. The monoisotopic (exact) mass is 308 g/mol. The summed E-state index contributed by atoms with van der Waals surface area (Å²) in [6.45, 7) is 2.09. The minimum Gasteiger partial charge on any atom is -0.392 e. The predicted molar refractivity (Wildman–Crippen MR) is 85.6 cm³/mol. The van der Waals surface area contributed by atoms with Crippen LogP contribution in [0, 0.1) is 0 Å². The molecule has 0 saturated carbocycles. The van der Waals surface area contributed by atoms with Gasteiger partial charge in [-0.1, -0.05) is 66.5 Å². The van der Waals surface area contributed by atoms with E-state index in [1.54, 1.807) is 6.07 Å². The van der Waals surface area contributed by atoms with E-state index in [4.69, 9.17) is 23.2 Å². The molecule has 0 heterocycles. The highest BCUT2D eigenvalue weighted by Gasteiger charge is 2.19. The summed E-state index contributed by atoms with van der Waals surface area (Å²) in [7, 11) is 0. The Hall–Kier alpha value is -1.02. The van der Waals surface area contributed by atoms with Gasteiger partial charge >= 0.3 is 0 Å². The van der Waals surface area contributed by atoms with Crippen LogP contribution in [0.3, 0.4) is 0 Å². The van der Waals surface area contributed by atoms with E-state index in [9.17, 15) is 5.11 Å². The molecule has 0 amide bonds. The van der Waals surface area contributed by atoms with Gasteiger partial charge in [-0.3, -0.25) is 0 Å². The predicted octanol–water partition coefficient (Wildman–Crippen LogP) is 5.09. The molecule has 20 heavy (non-hydrogen) atoms. The number of hydrogen-bond donors (Lipinski definition) is 1. The Bertz CT molecular complexity index is 554. The second kappa shape index (κ2) is 7.12. The molecule has 0 bridgehead atoms. The van der Waals surface area contributed by atoms with E-state index in [-0.39, 0.29) is 5.92 Å². The lowest BCUT2D eigenvalue weighted by atomic mass is 9.88. The van der Waals surface area contributed by atoms with E-state index in [0.29, 0.717) is 16.5 Å². The van der Waals surface area contributed by atoms with Crippen LogP contribution in [0.2, 0.25) is 10.0 Å². The van der Waals surface area contributed by atoms with Gasteiger partial charge in [0.15, 0.2) is 0 Å². The van der Waals surface area contributed by atoms with Crippen LogP contribution in [0.15, 0.2) is 48.5 Å². The van der Waals surface area contributed by atoms with Crippen molar-refractivity contribution in [2.24, 2.45) is 0 Å². The molecule has 0 aliphatic rings. The number of aliphatic hydroxyl groups excluding tert-OH is 1. The number of rotatable bonds is 5. The molecule has 0 saturated heterocycles. The molecule has 0 aliphatic heterocycles. The maximum atomic E-state index is 10.5. The molecule has 2 atom stereocenters. The molecule has 2 unspecified atom stereocenters. The molecule has 106 valence electrons. The van der Waals surface area contributed by atoms with Gasteiger partial charge in [0.05, 0.1) is 16.1 Å². The summed E-state index contributed by atoms with van der Waals surface area (Å²) in [4.78, 5) is 0. The number of halogens is 2. The molecule has 0 aliphatic carbocycles. The van der Waals surface area contributed by atoms with E-state index in [1.807, 2.05) is 30.3 Å². The quantitative estimate of drug-likeness (QED) is 0.815. The van der Waals surface area contributed by atoms with Crippen molar-refractivity contribution in [1.82, 2.24) is 0 Å². The first-order valence-electron chi connectivity index (χ1n) is 6.78. The van der Waals surface area contributed by atoms with Crippen LogP contribution >= 0.6 is 23.2 Å². The van der Waals surface area contributed by atoms with Gasteiger partial charge in [0.1, 0.15) is 0 Å². The lowest BCUT2D eigenvalue weighted by Crippen LogP contribution is -2.20. The Morgan fingerprint density at radius 3 is 2.30 bits per heavy atom. The van der Waals surface area contributed by atoms with Crippen molar-refractivity contribution in [3.8, 4) is 0 Å². The zero-order chi connectivity index (χ0) is 14.5. The molecule has 0 spiro atoms. The molecule has 1 nitrogen and oxygen atoms in total. The van der Waals surface area contributed by atoms with Crippen molar-refractivity contribution in [1.29, 1.82) is 0 Å². The first-order valence-corrected chi connectivity index (χ1v) is 7.54. The Kier molecular flexibility index (Phi) is 5.47. The average Bonchev–Trinajstić information content (AvgIpc) is 2.45. The summed E-state index contributed by atoms with van der Waals surface area (Å²) < 4.78 is 0. The number of hydrogen-bond acceptors (Lipinski definition) is 1. The largest absolute Gasteiger partial charge is 0.392 e. The Morgan fingerprint density at radius 2 is 1.70 bits per heavy atom.